The average Bonchev–Trinajstić information content (AvgIpc) is 3.68. The molecule has 0 amide bonds. The predicted octanol–water partition coefficient (Wildman–Crippen LogP) is 12.4. The first-order valence-electron chi connectivity index (χ1n) is 16.5. The van der Waals surface area contributed by atoms with Crippen molar-refractivity contribution in [3.63, 3.8) is 0 Å². The van der Waals surface area contributed by atoms with Crippen LogP contribution >= 0.6 is 0 Å². The summed E-state index contributed by atoms with van der Waals surface area (Å²) < 4.78 is 4.95. The Hall–Kier alpha value is -6.38. The summed E-state index contributed by atoms with van der Waals surface area (Å²) in [4.78, 5) is 0. The van der Waals surface area contributed by atoms with Crippen molar-refractivity contribution in [1.29, 1.82) is 0 Å². The molecular weight excluding hydrogens is 581 g/mol. The summed E-state index contributed by atoms with van der Waals surface area (Å²) >= 11 is 0. The Morgan fingerprint density at radius 3 is 1.71 bits per heavy atom. The van der Waals surface area contributed by atoms with E-state index in [1.165, 1.54) is 82.3 Å². The van der Waals surface area contributed by atoms with E-state index in [1.54, 1.807) is 0 Å². The number of hydrogen-bond donors (Lipinski definition) is 0. The number of fused-ring (bicyclic) bond motifs is 8. The van der Waals surface area contributed by atoms with Crippen LogP contribution in [0.15, 0.2) is 182 Å². The average molecular weight is 611 g/mol. The maximum Gasteiger partial charge on any atom is 0.0641 e. The minimum absolute atomic E-state index is 1.15. The van der Waals surface area contributed by atoms with Gasteiger partial charge in [0, 0.05) is 32.6 Å². The summed E-state index contributed by atoms with van der Waals surface area (Å²) in [6.07, 6.45) is 0. The van der Waals surface area contributed by atoms with E-state index in [0.717, 1.165) is 5.69 Å². The zero-order chi connectivity index (χ0) is 31.6. The van der Waals surface area contributed by atoms with E-state index in [-0.39, 0.29) is 0 Å². The van der Waals surface area contributed by atoms with E-state index in [0.29, 0.717) is 0 Å². The maximum absolute atomic E-state index is 2.52. The third kappa shape index (κ3) is 4.00. The van der Waals surface area contributed by atoms with Gasteiger partial charge in [-0.15, -0.1) is 0 Å². The van der Waals surface area contributed by atoms with Crippen LogP contribution in [-0.4, -0.2) is 9.13 Å². The van der Waals surface area contributed by atoms with Gasteiger partial charge in [-0.2, -0.15) is 0 Å². The van der Waals surface area contributed by atoms with Crippen molar-refractivity contribution in [3.8, 4) is 33.6 Å². The molecule has 0 aliphatic rings. The SMILES string of the molecule is c1ccc(-c2ccc(-n3c4ccccc4c4c3ccc3c5ccc(-c6ccccc6)cc5n(-c5cccc6ccccc56)c34)cc2)cc1. The van der Waals surface area contributed by atoms with Crippen LogP contribution in [0.5, 0.6) is 0 Å². The normalized spacial score (nSPS) is 11.8. The van der Waals surface area contributed by atoms with Gasteiger partial charge in [0.25, 0.3) is 0 Å². The van der Waals surface area contributed by atoms with Gasteiger partial charge >= 0.3 is 0 Å². The van der Waals surface area contributed by atoms with E-state index in [2.05, 4.69) is 191 Å². The zero-order valence-corrected chi connectivity index (χ0v) is 26.2. The standard InChI is InChI=1S/C46H30N2/c1-3-12-31(13-4-1)33-22-25-36(26-23-33)47-42-20-10-9-19-40(42)45-43(47)29-28-39-38-27-24-35(32-14-5-2-6-15-32)30-44(38)48(46(39)45)41-21-11-17-34-16-7-8-18-37(34)41/h1-30H. The molecular formula is C46H30N2. The number of para-hydroxylation sites is 1. The number of rotatable bonds is 4. The van der Waals surface area contributed by atoms with Gasteiger partial charge < -0.3 is 9.13 Å². The highest BCUT2D eigenvalue weighted by Crippen LogP contribution is 2.43. The molecule has 0 aliphatic heterocycles. The molecule has 2 aromatic heterocycles. The first-order chi connectivity index (χ1) is 23.8. The number of nitrogens with zero attached hydrogens (tertiary/aromatic N) is 2. The van der Waals surface area contributed by atoms with Crippen LogP contribution in [0.3, 0.4) is 0 Å². The molecule has 224 valence electrons. The van der Waals surface area contributed by atoms with Gasteiger partial charge in [0.2, 0.25) is 0 Å². The molecule has 8 aromatic carbocycles. The molecule has 10 rings (SSSR count). The lowest BCUT2D eigenvalue weighted by Crippen LogP contribution is -1.96. The molecule has 0 bridgehead atoms. The van der Waals surface area contributed by atoms with Crippen molar-refractivity contribution in [1.82, 2.24) is 9.13 Å². The lowest BCUT2D eigenvalue weighted by molar-refractivity contribution is 1.18. The largest absolute Gasteiger partial charge is 0.309 e. The molecule has 0 spiro atoms. The summed E-state index contributed by atoms with van der Waals surface area (Å²) in [5, 5.41) is 7.49. The van der Waals surface area contributed by atoms with E-state index < -0.39 is 0 Å². The third-order valence-corrected chi connectivity index (χ3v) is 9.91. The molecule has 0 saturated heterocycles. The zero-order valence-electron chi connectivity index (χ0n) is 26.2. The van der Waals surface area contributed by atoms with Crippen molar-refractivity contribution in [3.05, 3.63) is 182 Å². The highest BCUT2D eigenvalue weighted by atomic mass is 15.0. The fourth-order valence-corrected chi connectivity index (χ4v) is 7.73. The van der Waals surface area contributed by atoms with Gasteiger partial charge in [0.1, 0.15) is 0 Å². The Bertz CT molecular complexity index is 2800. The second kappa shape index (κ2) is 10.6. The first kappa shape index (κ1) is 26.8. The van der Waals surface area contributed by atoms with Crippen molar-refractivity contribution < 1.29 is 0 Å². The number of aromatic nitrogens is 2. The molecule has 0 fully saturated rings. The quantitative estimate of drug-likeness (QED) is 0.188. The highest BCUT2D eigenvalue weighted by Gasteiger charge is 2.22. The smallest absolute Gasteiger partial charge is 0.0641 e. The summed E-state index contributed by atoms with van der Waals surface area (Å²) in [5.41, 5.74) is 12.1. The van der Waals surface area contributed by atoms with Crippen LogP contribution in [0.25, 0.3) is 88.0 Å². The molecule has 0 N–H and O–H groups in total. The number of hydrogen-bond acceptors (Lipinski definition) is 0. The lowest BCUT2D eigenvalue weighted by atomic mass is 10.0. The Labute approximate surface area is 278 Å². The predicted molar refractivity (Wildman–Crippen MR) is 203 cm³/mol. The van der Waals surface area contributed by atoms with Crippen LogP contribution < -0.4 is 0 Å². The molecule has 0 radical (unpaired) electrons. The topological polar surface area (TPSA) is 9.86 Å². The van der Waals surface area contributed by atoms with Crippen molar-refractivity contribution >= 4 is 54.4 Å². The van der Waals surface area contributed by atoms with E-state index in [4.69, 9.17) is 0 Å². The Morgan fingerprint density at radius 2 is 0.917 bits per heavy atom. The van der Waals surface area contributed by atoms with Gasteiger partial charge in [-0.1, -0.05) is 146 Å². The van der Waals surface area contributed by atoms with Crippen molar-refractivity contribution in [2.24, 2.45) is 0 Å². The van der Waals surface area contributed by atoms with Crippen LogP contribution in [0.4, 0.5) is 0 Å². The van der Waals surface area contributed by atoms with Gasteiger partial charge in [-0.25, -0.2) is 0 Å². The minimum Gasteiger partial charge on any atom is -0.309 e. The monoisotopic (exact) mass is 610 g/mol. The minimum atomic E-state index is 1.15. The van der Waals surface area contributed by atoms with Crippen molar-refractivity contribution in [2.45, 2.75) is 0 Å². The Kier molecular flexibility index (Phi) is 5.91. The summed E-state index contributed by atoms with van der Waals surface area (Å²) in [6.45, 7) is 0. The van der Waals surface area contributed by atoms with E-state index in [1.807, 2.05) is 0 Å². The van der Waals surface area contributed by atoms with Gasteiger partial charge in [0.05, 0.1) is 27.8 Å². The molecule has 0 aliphatic carbocycles. The molecule has 2 heteroatoms. The van der Waals surface area contributed by atoms with Crippen molar-refractivity contribution in [2.75, 3.05) is 0 Å². The fraction of sp³-hybridized carbons (Fsp3) is 0. The molecule has 48 heavy (non-hydrogen) atoms. The van der Waals surface area contributed by atoms with Crippen LogP contribution in [0.1, 0.15) is 0 Å². The first-order valence-corrected chi connectivity index (χ1v) is 16.5. The number of benzene rings is 8. The van der Waals surface area contributed by atoms with Gasteiger partial charge in [-0.3, -0.25) is 0 Å². The molecule has 2 nitrogen and oxygen atoms in total. The van der Waals surface area contributed by atoms with Gasteiger partial charge in [0.15, 0.2) is 0 Å². The highest BCUT2D eigenvalue weighted by molar-refractivity contribution is 6.26. The van der Waals surface area contributed by atoms with Crippen LogP contribution in [0.2, 0.25) is 0 Å². The second-order valence-electron chi connectivity index (χ2n) is 12.6. The fourth-order valence-electron chi connectivity index (χ4n) is 7.73. The summed E-state index contributed by atoms with van der Waals surface area (Å²) in [7, 11) is 0. The lowest BCUT2D eigenvalue weighted by Gasteiger charge is -2.13. The Balaban J connectivity index is 1.33. The molecule has 0 unspecified atom stereocenters. The molecule has 10 aromatic rings. The second-order valence-corrected chi connectivity index (χ2v) is 12.6. The van der Waals surface area contributed by atoms with E-state index >= 15 is 0 Å². The summed E-state index contributed by atoms with van der Waals surface area (Å²) in [6, 6.07) is 66.2. The third-order valence-electron chi connectivity index (χ3n) is 9.91. The molecule has 0 saturated carbocycles. The summed E-state index contributed by atoms with van der Waals surface area (Å²) in [5.74, 6) is 0. The molecule has 0 atom stereocenters. The molecule has 2 heterocycles. The van der Waals surface area contributed by atoms with Crippen LogP contribution in [0, 0.1) is 0 Å². The van der Waals surface area contributed by atoms with E-state index in [9.17, 15) is 0 Å². The maximum atomic E-state index is 2.52. The van der Waals surface area contributed by atoms with Crippen LogP contribution in [-0.2, 0) is 0 Å². The van der Waals surface area contributed by atoms with Gasteiger partial charge in [-0.05, 0) is 64.0 Å². The Morgan fingerprint density at radius 1 is 0.312 bits per heavy atom.